The molecule has 3 N–H and O–H groups in total. The number of imidazole rings is 1. The summed E-state index contributed by atoms with van der Waals surface area (Å²) < 4.78 is 2.18. The quantitative estimate of drug-likeness (QED) is 0.749. The lowest BCUT2D eigenvalue weighted by molar-refractivity contribution is 0.0719. The lowest BCUT2D eigenvalue weighted by atomic mass is 9.75. The summed E-state index contributed by atoms with van der Waals surface area (Å²) in [6.07, 6.45) is 4.82. The van der Waals surface area contributed by atoms with Crippen LogP contribution in [0, 0.1) is 5.92 Å². The summed E-state index contributed by atoms with van der Waals surface area (Å²) in [5.41, 5.74) is 11.3. The summed E-state index contributed by atoms with van der Waals surface area (Å²) >= 11 is 0. The van der Waals surface area contributed by atoms with Gasteiger partial charge in [-0.05, 0) is 41.7 Å². The number of benzene rings is 2. The molecule has 0 saturated carbocycles. The molecule has 5 nitrogen and oxygen atoms in total. The third-order valence-electron chi connectivity index (χ3n) is 5.83. The Bertz CT molecular complexity index is 1020. The van der Waals surface area contributed by atoms with Crippen LogP contribution in [-0.2, 0) is 6.42 Å². The molecule has 5 heteroatoms. The highest BCUT2D eigenvalue weighted by Gasteiger charge is 2.40. The van der Waals surface area contributed by atoms with Crippen LogP contribution < -0.4 is 5.73 Å². The van der Waals surface area contributed by atoms with Gasteiger partial charge in [0.05, 0.1) is 30.4 Å². The van der Waals surface area contributed by atoms with Crippen molar-refractivity contribution in [3.8, 4) is 11.3 Å². The third kappa shape index (κ3) is 2.07. The Morgan fingerprint density at radius 2 is 2.04 bits per heavy atom. The predicted molar refractivity (Wildman–Crippen MR) is 97.5 cm³/mol. The number of hydrogen-bond donors (Lipinski definition) is 2. The van der Waals surface area contributed by atoms with Crippen LogP contribution in [0.2, 0.25) is 0 Å². The molecular weight excluding hydrogens is 326 g/mol. The second-order valence-corrected chi connectivity index (χ2v) is 7.14. The van der Waals surface area contributed by atoms with Gasteiger partial charge >= 0.3 is 0 Å². The Morgan fingerprint density at radius 1 is 1.19 bits per heavy atom. The number of rotatable bonds is 2. The van der Waals surface area contributed by atoms with Crippen LogP contribution in [0.15, 0.2) is 55.0 Å². The Balaban J connectivity index is 1.57. The van der Waals surface area contributed by atoms with Crippen LogP contribution in [0.4, 0.5) is 0 Å². The summed E-state index contributed by atoms with van der Waals surface area (Å²) in [5.74, 6) is -0.379. The van der Waals surface area contributed by atoms with Crippen molar-refractivity contribution in [2.75, 3.05) is 0 Å². The average molecular weight is 345 g/mol. The van der Waals surface area contributed by atoms with Crippen LogP contribution in [0.1, 0.15) is 45.6 Å². The van der Waals surface area contributed by atoms with Gasteiger partial charge < -0.3 is 15.4 Å². The summed E-state index contributed by atoms with van der Waals surface area (Å²) in [6.45, 7) is 0. The highest BCUT2D eigenvalue weighted by atomic mass is 16.3. The minimum absolute atomic E-state index is 0.0542. The van der Waals surface area contributed by atoms with Crippen molar-refractivity contribution < 1.29 is 9.90 Å². The Morgan fingerprint density at radius 3 is 2.88 bits per heavy atom. The highest BCUT2D eigenvalue weighted by Crippen LogP contribution is 2.49. The van der Waals surface area contributed by atoms with Crippen LogP contribution in [0.5, 0.6) is 0 Å². The number of amides is 1. The first-order chi connectivity index (χ1) is 12.6. The maximum Gasteiger partial charge on any atom is 0.248 e. The number of aromatic nitrogens is 2. The number of carbonyl (C=O) groups excluding carboxylic acids is 1. The molecule has 2 heterocycles. The van der Waals surface area contributed by atoms with Crippen LogP contribution >= 0.6 is 0 Å². The van der Waals surface area contributed by atoms with Crippen molar-refractivity contribution >= 4 is 5.91 Å². The first-order valence-electron chi connectivity index (χ1n) is 8.87. The molecule has 130 valence electrons. The van der Waals surface area contributed by atoms with E-state index in [1.165, 1.54) is 11.1 Å². The molecule has 0 radical (unpaired) electrons. The van der Waals surface area contributed by atoms with Gasteiger partial charge in [-0.3, -0.25) is 4.79 Å². The van der Waals surface area contributed by atoms with Gasteiger partial charge in [0.25, 0.3) is 0 Å². The zero-order chi connectivity index (χ0) is 17.8. The van der Waals surface area contributed by atoms with E-state index in [1.54, 1.807) is 6.07 Å². The first-order valence-corrected chi connectivity index (χ1v) is 8.87. The molecule has 0 unspecified atom stereocenters. The zero-order valence-electron chi connectivity index (χ0n) is 14.2. The Hall–Kier alpha value is -2.92. The normalized spacial score (nSPS) is 23.2. The van der Waals surface area contributed by atoms with E-state index < -0.39 is 12.0 Å². The van der Waals surface area contributed by atoms with E-state index in [-0.39, 0.29) is 12.0 Å². The molecule has 5 rings (SSSR count). The maximum atomic E-state index is 11.4. The minimum atomic E-state index is -0.591. The second-order valence-electron chi connectivity index (χ2n) is 7.14. The first kappa shape index (κ1) is 15.3. The van der Waals surface area contributed by atoms with E-state index in [2.05, 4.69) is 21.7 Å². The van der Waals surface area contributed by atoms with E-state index in [1.807, 2.05) is 36.8 Å². The van der Waals surface area contributed by atoms with Gasteiger partial charge in [0, 0.05) is 17.0 Å². The molecule has 1 amide bonds. The SMILES string of the molecule is NC(=O)c1ccc2c(c1)CC[C@H]([C@H]1c3ccccc3-c3cncn31)[C@H]2O. The molecule has 0 saturated heterocycles. The fraction of sp³-hybridized carbons (Fsp3) is 0.238. The number of carbonyl (C=O) groups is 1. The lowest BCUT2D eigenvalue weighted by Crippen LogP contribution is -2.29. The molecule has 0 bridgehead atoms. The fourth-order valence-electron chi connectivity index (χ4n) is 4.62. The molecule has 26 heavy (non-hydrogen) atoms. The largest absolute Gasteiger partial charge is 0.388 e. The third-order valence-corrected chi connectivity index (χ3v) is 5.83. The van der Waals surface area contributed by atoms with Crippen molar-refractivity contribution in [2.24, 2.45) is 11.7 Å². The second kappa shape index (κ2) is 5.54. The van der Waals surface area contributed by atoms with E-state index in [0.29, 0.717) is 5.56 Å². The smallest absolute Gasteiger partial charge is 0.248 e. The van der Waals surface area contributed by atoms with Crippen LogP contribution in [0.25, 0.3) is 11.3 Å². The van der Waals surface area contributed by atoms with Gasteiger partial charge in [-0.1, -0.05) is 30.3 Å². The van der Waals surface area contributed by atoms with Gasteiger partial charge in [-0.15, -0.1) is 0 Å². The molecule has 3 atom stereocenters. The summed E-state index contributed by atoms with van der Waals surface area (Å²) in [5, 5.41) is 11.1. The molecule has 1 aliphatic heterocycles. The molecule has 1 aliphatic carbocycles. The summed E-state index contributed by atoms with van der Waals surface area (Å²) in [4.78, 5) is 15.8. The lowest BCUT2D eigenvalue weighted by Gasteiger charge is -2.35. The number of primary amides is 1. The molecule has 1 aromatic heterocycles. The number of fused-ring (bicyclic) bond motifs is 4. The van der Waals surface area contributed by atoms with Gasteiger partial charge in [-0.25, -0.2) is 4.98 Å². The van der Waals surface area contributed by atoms with E-state index >= 15 is 0 Å². The van der Waals surface area contributed by atoms with Crippen LogP contribution in [0.3, 0.4) is 0 Å². The van der Waals surface area contributed by atoms with Crippen molar-refractivity contribution in [2.45, 2.75) is 25.0 Å². The van der Waals surface area contributed by atoms with Crippen molar-refractivity contribution in [3.05, 3.63) is 77.2 Å². The fourth-order valence-corrected chi connectivity index (χ4v) is 4.62. The van der Waals surface area contributed by atoms with Crippen molar-refractivity contribution in [1.29, 1.82) is 0 Å². The maximum absolute atomic E-state index is 11.4. The predicted octanol–water partition coefficient (Wildman–Crippen LogP) is 2.85. The Labute approximate surface area is 151 Å². The van der Waals surface area contributed by atoms with Gasteiger partial charge in [-0.2, -0.15) is 0 Å². The molecule has 2 aromatic carbocycles. The summed E-state index contributed by atoms with van der Waals surface area (Å²) in [6, 6.07) is 13.8. The van der Waals surface area contributed by atoms with E-state index in [4.69, 9.17) is 5.73 Å². The summed E-state index contributed by atoms with van der Waals surface area (Å²) in [7, 11) is 0. The highest BCUT2D eigenvalue weighted by molar-refractivity contribution is 5.93. The van der Waals surface area contributed by atoms with E-state index in [9.17, 15) is 9.90 Å². The number of nitrogens with zero attached hydrogens (tertiary/aromatic N) is 2. The number of hydrogen-bond acceptors (Lipinski definition) is 3. The topological polar surface area (TPSA) is 81.1 Å². The standard InChI is InChI=1S/C21H19N3O2/c22-21(26)13-6-7-14-12(9-13)5-8-17(20(14)25)19-16-4-2-1-3-15(16)18-10-23-11-24(18)19/h1-4,6-7,9-11,17,19-20,25H,5,8H2,(H2,22,26)/t17-,19-,20+/m1/s1. The zero-order valence-corrected chi connectivity index (χ0v) is 14.2. The van der Waals surface area contributed by atoms with Crippen LogP contribution in [-0.4, -0.2) is 20.6 Å². The van der Waals surface area contributed by atoms with Gasteiger partial charge in [0.15, 0.2) is 0 Å². The number of nitrogens with two attached hydrogens (primary N) is 1. The Kier molecular flexibility index (Phi) is 3.27. The molecule has 2 aliphatic rings. The van der Waals surface area contributed by atoms with E-state index in [0.717, 1.165) is 29.7 Å². The van der Waals surface area contributed by atoms with Gasteiger partial charge in [0.1, 0.15) is 0 Å². The van der Waals surface area contributed by atoms with Crippen molar-refractivity contribution in [1.82, 2.24) is 9.55 Å². The number of aliphatic hydroxyl groups is 1. The molecule has 0 spiro atoms. The van der Waals surface area contributed by atoms with Gasteiger partial charge in [0.2, 0.25) is 5.91 Å². The minimum Gasteiger partial charge on any atom is -0.388 e. The van der Waals surface area contributed by atoms with Crippen molar-refractivity contribution in [3.63, 3.8) is 0 Å². The molecular formula is C21H19N3O2. The number of aryl methyl sites for hydroxylation is 1. The molecule has 0 fully saturated rings. The number of aliphatic hydroxyl groups excluding tert-OH is 1. The molecule has 3 aromatic rings. The monoisotopic (exact) mass is 345 g/mol. The average Bonchev–Trinajstić information content (AvgIpc) is 3.23.